The summed E-state index contributed by atoms with van der Waals surface area (Å²) in [5.41, 5.74) is -1.65. The first-order valence-electron chi connectivity index (χ1n) is 6.82. The Morgan fingerprint density at radius 3 is 2.15 bits per heavy atom. The number of aromatic nitrogens is 3. The van der Waals surface area contributed by atoms with Gasteiger partial charge in [-0.25, -0.2) is 4.68 Å². The number of pyridine rings is 1. The maximum absolute atomic E-state index is 12.5. The molecule has 26 heavy (non-hydrogen) atoms. The van der Waals surface area contributed by atoms with E-state index in [1.807, 2.05) is 18.2 Å². The van der Waals surface area contributed by atoms with Gasteiger partial charge in [0.15, 0.2) is 5.69 Å². The largest absolute Gasteiger partial charge is 0.435 e. The number of nitro groups is 1. The normalized spacial score (nSPS) is 10.8. The van der Waals surface area contributed by atoms with E-state index in [9.17, 15) is 23.3 Å². The highest BCUT2D eigenvalue weighted by Crippen LogP contribution is 2.32. The van der Waals surface area contributed by atoms with Gasteiger partial charge in [0.2, 0.25) is 0 Å². The molecule has 0 spiro atoms. The lowest BCUT2D eigenvalue weighted by Crippen LogP contribution is -2.07. The fourth-order valence-corrected chi connectivity index (χ4v) is 2.19. The molecule has 0 unspecified atom stereocenters. The SMILES string of the molecule is O=[N+]([O-])c1cc(-n2nc(C(F)(F)F)cc2Cl)ccc1Cl.c1ccncc1. The van der Waals surface area contributed by atoms with Gasteiger partial charge < -0.3 is 0 Å². The van der Waals surface area contributed by atoms with Gasteiger partial charge in [-0.2, -0.15) is 18.3 Å². The highest BCUT2D eigenvalue weighted by Gasteiger charge is 2.35. The fraction of sp³-hybridized carbons (Fsp3) is 0.0667. The second kappa shape index (κ2) is 8.15. The van der Waals surface area contributed by atoms with E-state index in [2.05, 4.69) is 10.1 Å². The van der Waals surface area contributed by atoms with Crippen molar-refractivity contribution < 1.29 is 18.1 Å². The summed E-state index contributed by atoms with van der Waals surface area (Å²) in [4.78, 5) is 13.8. The minimum atomic E-state index is -4.66. The van der Waals surface area contributed by atoms with E-state index in [4.69, 9.17) is 23.2 Å². The average molecular weight is 405 g/mol. The zero-order valence-electron chi connectivity index (χ0n) is 12.7. The summed E-state index contributed by atoms with van der Waals surface area (Å²) in [7, 11) is 0. The lowest BCUT2D eigenvalue weighted by Gasteiger charge is -2.04. The fourth-order valence-electron chi connectivity index (χ4n) is 1.76. The van der Waals surface area contributed by atoms with Crippen LogP contribution in [-0.2, 0) is 6.18 Å². The van der Waals surface area contributed by atoms with E-state index in [-0.39, 0.29) is 15.9 Å². The van der Waals surface area contributed by atoms with Gasteiger partial charge in [0.1, 0.15) is 10.2 Å². The molecule has 0 N–H and O–H groups in total. The first-order chi connectivity index (χ1) is 12.2. The van der Waals surface area contributed by atoms with Gasteiger partial charge in [-0.1, -0.05) is 29.3 Å². The molecule has 3 rings (SSSR count). The van der Waals surface area contributed by atoms with E-state index in [1.165, 1.54) is 12.1 Å². The minimum Gasteiger partial charge on any atom is -0.265 e. The van der Waals surface area contributed by atoms with E-state index in [0.717, 1.165) is 10.7 Å². The van der Waals surface area contributed by atoms with Gasteiger partial charge in [-0.3, -0.25) is 15.1 Å². The Bertz CT molecular complexity index is 875. The molecule has 0 aliphatic carbocycles. The molecule has 2 aromatic heterocycles. The Hall–Kier alpha value is -2.65. The van der Waals surface area contributed by atoms with Gasteiger partial charge in [0.25, 0.3) is 5.69 Å². The van der Waals surface area contributed by atoms with Crippen LogP contribution in [-0.4, -0.2) is 19.7 Å². The third-order valence-corrected chi connectivity index (χ3v) is 3.48. The number of halogens is 5. The van der Waals surface area contributed by atoms with Crippen LogP contribution in [0.15, 0.2) is 54.9 Å². The minimum absolute atomic E-state index is 0.00148. The first-order valence-corrected chi connectivity index (χ1v) is 7.58. The van der Waals surface area contributed by atoms with Crippen LogP contribution in [0.2, 0.25) is 10.2 Å². The highest BCUT2D eigenvalue weighted by atomic mass is 35.5. The molecule has 0 saturated heterocycles. The van der Waals surface area contributed by atoms with E-state index < -0.39 is 22.5 Å². The van der Waals surface area contributed by atoms with Crippen molar-refractivity contribution in [3.63, 3.8) is 0 Å². The number of rotatable bonds is 2. The summed E-state index contributed by atoms with van der Waals surface area (Å²) in [6.45, 7) is 0. The molecule has 0 atom stereocenters. The Labute approximate surface area is 154 Å². The Balaban J connectivity index is 0.000000342. The van der Waals surface area contributed by atoms with Gasteiger partial charge in [-0.15, -0.1) is 0 Å². The molecule has 2 heterocycles. The summed E-state index contributed by atoms with van der Waals surface area (Å²) < 4.78 is 38.3. The van der Waals surface area contributed by atoms with Crippen molar-refractivity contribution in [3.05, 3.63) is 80.8 Å². The predicted octanol–water partition coefficient (Wildman–Crippen LogP) is 5.19. The predicted molar refractivity (Wildman–Crippen MR) is 89.5 cm³/mol. The molecule has 3 aromatic rings. The standard InChI is InChI=1S/C10H4Cl2F3N3O2.C5H5N/c11-6-2-1-5(3-7(6)18(19)20)17-9(12)4-8(16-17)10(13,14)15;1-2-4-6-5-3-1/h1-4H;1-5H. The average Bonchev–Trinajstić information content (AvgIpc) is 2.99. The maximum atomic E-state index is 12.5. The topological polar surface area (TPSA) is 73.8 Å². The third kappa shape index (κ3) is 4.93. The number of hydrogen-bond acceptors (Lipinski definition) is 4. The van der Waals surface area contributed by atoms with Gasteiger partial charge in [0.05, 0.1) is 10.6 Å². The van der Waals surface area contributed by atoms with E-state index in [1.54, 1.807) is 12.4 Å². The lowest BCUT2D eigenvalue weighted by molar-refractivity contribution is -0.384. The van der Waals surface area contributed by atoms with Gasteiger partial charge >= 0.3 is 6.18 Å². The summed E-state index contributed by atoms with van der Waals surface area (Å²) >= 11 is 11.3. The van der Waals surface area contributed by atoms with Crippen LogP contribution in [0.25, 0.3) is 5.69 Å². The van der Waals surface area contributed by atoms with E-state index >= 15 is 0 Å². The smallest absolute Gasteiger partial charge is 0.265 e. The van der Waals surface area contributed by atoms with Crippen molar-refractivity contribution >= 4 is 28.9 Å². The highest BCUT2D eigenvalue weighted by molar-refractivity contribution is 6.32. The number of benzene rings is 1. The van der Waals surface area contributed by atoms with Crippen LogP contribution < -0.4 is 0 Å². The van der Waals surface area contributed by atoms with Crippen LogP contribution >= 0.6 is 23.2 Å². The molecule has 0 aliphatic rings. The molecule has 0 radical (unpaired) electrons. The van der Waals surface area contributed by atoms with Gasteiger partial charge in [0, 0.05) is 24.5 Å². The molecule has 1 aromatic carbocycles. The van der Waals surface area contributed by atoms with Gasteiger partial charge in [-0.05, 0) is 24.3 Å². The summed E-state index contributed by atoms with van der Waals surface area (Å²) in [6.07, 6.45) is -1.16. The van der Waals surface area contributed by atoms with Crippen LogP contribution in [0.1, 0.15) is 5.69 Å². The van der Waals surface area contributed by atoms with Crippen LogP contribution in [0.5, 0.6) is 0 Å². The van der Waals surface area contributed by atoms with Crippen molar-refractivity contribution in [1.82, 2.24) is 14.8 Å². The van der Waals surface area contributed by atoms with Crippen LogP contribution in [0.3, 0.4) is 0 Å². The Morgan fingerprint density at radius 1 is 1.08 bits per heavy atom. The second-order valence-corrected chi connectivity index (χ2v) is 5.47. The zero-order valence-corrected chi connectivity index (χ0v) is 14.2. The molecule has 11 heteroatoms. The maximum Gasteiger partial charge on any atom is 0.435 e. The molecule has 0 bridgehead atoms. The molecule has 136 valence electrons. The summed E-state index contributed by atoms with van der Waals surface area (Å²) in [6, 6.07) is 9.78. The monoisotopic (exact) mass is 404 g/mol. The van der Waals surface area contributed by atoms with Crippen LogP contribution in [0.4, 0.5) is 18.9 Å². The van der Waals surface area contributed by atoms with Crippen molar-refractivity contribution in [1.29, 1.82) is 0 Å². The summed E-state index contributed by atoms with van der Waals surface area (Å²) in [5.74, 6) is 0. The molecular formula is C15H9Cl2F3N4O2. The zero-order chi connectivity index (χ0) is 19.3. The second-order valence-electron chi connectivity index (χ2n) is 4.68. The Kier molecular flexibility index (Phi) is 6.17. The number of nitrogens with zero attached hydrogens (tertiary/aromatic N) is 4. The molecular weight excluding hydrogens is 396 g/mol. The van der Waals surface area contributed by atoms with Crippen LogP contribution in [0, 0.1) is 10.1 Å². The third-order valence-electron chi connectivity index (χ3n) is 2.89. The molecule has 0 amide bonds. The molecule has 0 aliphatic heterocycles. The summed E-state index contributed by atoms with van der Waals surface area (Å²) in [5, 5.41) is 13.5. The Morgan fingerprint density at radius 2 is 1.73 bits per heavy atom. The number of hydrogen-bond donors (Lipinski definition) is 0. The van der Waals surface area contributed by atoms with Crippen molar-refractivity contribution in [2.45, 2.75) is 6.18 Å². The van der Waals surface area contributed by atoms with Crippen molar-refractivity contribution in [2.75, 3.05) is 0 Å². The molecule has 6 nitrogen and oxygen atoms in total. The van der Waals surface area contributed by atoms with E-state index in [0.29, 0.717) is 6.07 Å². The number of alkyl halides is 3. The van der Waals surface area contributed by atoms with Crippen molar-refractivity contribution in [3.8, 4) is 5.69 Å². The molecule has 0 fully saturated rings. The number of nitro benzene ring substituents is 1. The molecule has 0 saturated carbocycles. The van der Waals surface area contributed by atoms with Crippen molar-refractivity contribution in [2.24, 2.45) is 0 Å². The first kappa shape index (κ1) is 19.7. The quantitative estimate of drug-likeness (QED) is 0.435. The lowest BCUT2D eigenvalue weighted by atomic mass is 10.3.